The molecule has 4 aromatic rings. The van der Waals surface area contributed by atoms with Gasteiger partial charge in [-0.1, -0.05) is 36.4 Å². The molecule has 4 rings (SSSR count). The van der Waals surface area contributed by atoms with E-state index in [1.807, 2.05) is 24.3 Å². The van der Waals surface area contributed by atoms with E-state index in [2.05, 4.69) is 35.7 Å². The Bertz CT molecular complexity index is 965. The molecule has 0 amide bonds. The van der Waals surface area contributed by atoms with Gasteiger partial charge in [0.1, 0.15) is 5.58 Å². The Morgan fingerprint density at radius 1 is 0.900 bits per heavy atom. The van der Waals surface area contributed by atoms with Crippen LogP contribution in [-0.4, -0.2) is 0 Å². The first-order valence-electron chi connectivity index (χ1n) is 6.32. The molecule has 0 saturated carbocycles. The Morgan fingerprint density at radius 3 is 2.65 bits per heavy atom. The number of thiophene rings is 1. The average molecular weight is 294 g/mol. The van der Waals surface area contributed by atoms with Crippen molar-refractivity contribution in [2.75, 3.05) is 0 Å². The summed E-state index contributed by atoms with van der Waals surface area (Å²) in [5.74, 6) is 0. The van der Waals surface area contributed by atoms with Gasteiger partial charge in [-0.25, -0.2) is 0 Å². The second kappa shape index (κ2) is 4.54. The summed E-state index contributed by atoms with van der Waals surface area (Å²) in [7, 11) is 0. The van der Waals surface area contributed by atoms with Crippen molar-refractivity contribution in [3.05, 3.63) is 64.7 Å². The van der Waals surface area contributed by atoms with Crippen molar-refractivity contribution >= 4 is 45.3 Å². The summed E-state index contributed by atoms with van der Waals surface area (Å²) in [5, 5.41) is 5.57. The second-order valence-corrected chi connectivity index (χ2v) is 5.94. The molecular formula is C17H10OS2. The highest BCUT2D eigenvalue weighted by Gasteiger charge is 2.08. The van der Waals surface area contributed by atoms with Gasteiger partial charge in [-0.05, 0) is 46.6 Å². The van der Waals surface area contributed by atoms with Crippen LogP contribution in [0, 0.1) is 4.71 Å². The summed E-state index contributed by atoms with van der Waals surface area (Å²) in [4.78, 5) is 1.15. The molecule has 0 N–H and O–H groups in total. The molecular weight excluding hydrogens is 284 g/mol. The maximum Gasteiger partial charge on any atom is 0.199 e. The van der Waals surface area contributed by atoms with Crippen molar-refractivity contribution in [3.63, 3.8) is 0 Å². The monoisotopic (exact) mass is 294 g/mol. The fourth-order valence-electron chi connectivity index (χ4n) is 2.48. The topological polar surface area (TPSA) is 13.1 Å². The van der Waals surface area contributed by atoms with Crippen LogP contribution in [0.4, 0.5) is 0 Å². The van der Waals surface area contributed by atoms with Gasteiger partial charge in [-0.2, -0.15) is 0 Å². The van der Waals surface area contributed by atoms with Crippen molar-refractivity contribution < 1.29 is 4.42 Å². The minimum Gasteiger partial charge on any atom is -0.445 e. The quantitative estimate of drug-likeness (QED) is 0.313. The number of hydrogen-bond donors (Lipinski definition) is 0. The summed E-state index contributed by atoms with van der Waals surface area (Å²) >= 11 is 7.07. The van der Waals surface area contributed by atoms with E-state index >= 15 is 0 Å². The molecule has 0 aliphatic rings. The molecule has 2 aromatic carbocycles. The third-order valence-electron chi connectivity index (χ3n) is 3.43. The normalized spacial score (nSPS) is 11.2. The highest BCUT2D eigenvalue weighted by atomic mass is 32.1. The zero-order chi connectivity index (χ0) is 13.5. The predicted octanol–water partition coefficient (Wildman–Crippen LogP) is 6.04. The molecule has 0 aliphatic heterocycles. The lowest BCUT2D eigenvalue weighted by Gasteiger charge is -2.05. The molecule has 0 spiro atoms. The molecule has 0 fully saturated rings. The molecule has 0 unspecified atom stereocenters. The molecule has 0 bridgehead atoms. The Labute approximate surface area is 125 Å². The molecule has 20 heavy (non-hydrogen) atoms. The van der Waals surface area contributed by atoms with Gasteiger partial charge in [0, 0.05) is 15.8 Å². The number of fused-ring (bicyclic) bond motifs is 3. The lowest BCUT2D eigenvalue weighted by molar-refractivity contribution is 0.589. The van der Waals surface area contributed by atoms with E-state index in [1.54, 1.807) is 11.3 Å². The molecule has 2 aromatic heterocycles. The van der Waals surface area contributed by atoms with Gasteiger partial charge < -0.3 is 4.42 Å². The van der Waals surface area contributed by atoms with E-state index in [1.165, 1.54) is 10.8 Å². The van der Waals surface area contributed by atoms with Crippen molar-refractivity contribution in [1.29, 1.82) is 0 Å². The highest BCUT2D eigenvalue weighted by Crippen LogP contribution is 2.32. The van der Waals surface area contributed by atoms with E-state index in [9.17, 15) is 0 Å². The minimum atomic E-state index is 0.551. The Balaban J connectivity index is 2.15. The van der Waals surface area contributed by atoms with E-state index in [4.69, 9.17) is 16.6 Å². The van der Waals surface area contributed by atoms with Crippen LogP contribution in [0.15, 0.2) is 64.4 Å². The molecule has 0 radical (unpaired) electrons. The highest BCUT2D eigenvalue weighted by molar-refractivity contribution is 7.71. The fourth-order valence-corrected chi connectivity index (χ4v) is 3.54. The zero-order valence-electron chi connectivity index (χ0n) is 10.5. The van der Waals surface area contributed by atoms with Gasteiger partial charge in [-0.3, -0.25) is 0 Å². The number of rotatable bonds is 1. The first kappa shape index (κ1) is 11.8. The Hall–Kier alpha value is -1.97. The van der Waals surface area contributed by atoms with Crippen molar-refractivity contribution in [3.8, 4) is 10.4 Å². The van der Waals surface area contributed by atoms with Crippen LogP contribution in [0.1, 0.15) is 0 Å². The van der Waals surface area contributed by atoms with Crippen LogP contribution in [0.25, 0.3) is 32.2 Å². The van der Waals surface area contributed by atoms with E-state index in [0.717, 1.165) is 21.4 Å². The van der Waals surface area contributed by atoms with Gasteiger partial charge >= 0.3 is 0 Å². The van der Waals surface area contributed by atoms with Gasteiger partial charge in [-0.15, -0.1) is 11.3 Å². The molecule has 0 saturated heterocycles. The third kappa shape index (κ3) is 1.79. The molecule has 96 valence electrons. The van der Waals surface area contributed by atoms with Gasteiger partial charge in [0.15, 0.2) is 4.71 Å². The first-order chi connectivity index (χ1) is 9.83. The van der Waals surface area contributed by atoms with Crippen molar-refractivity contribution in [2.24, 2.45) is 0 Å². The van der Waals surface area contributed by atoms with Crippen LogP contribution in [0.3, 0.4) is 0 Å². The van der Waals surface area contributed by atoms with Crippen LogP contribution in [-0.2, 0) is 0 Å². The maximum absolute atomic E-state index is 5.85. The molecule has 2 heterocycles. The second-order valence-electron chi connectivity index (χ2n) is 4.62. The van der Waals surface area contributed by atoms with Crippen molar-refractivity contribution in [1.82, 2.24) is 0 Å². The van der Waals surface area contributed by atoms with Gasteiger partial charge in [0.25, 0.3) is 0 Å². The van der Waals surface area contributed by atoms with Gasteiger partial charge in [0.05, 0.1) is 0 Å². The summed E-state index contributed by atoms with van der Waals surface area (Å²) in [6, 6.07) is 18.6. The van der Waals surface area contributed by atoms with Crippen LogP contribution < -0.4 is 0 Å². The fraction of sp³-hybridized carbons (Fsp3) is 0. The lowest BCUT2D eigenvalue weighted by atomic mass is 10.0. The summed E-state index contributed by atoms with van der Waals surface area (Å²) in [5.41, 5.74) is 1.84. The first-order valence-corrected chi connectivity index (χ1v) is 7.61. The summed E-state index contributed by atoms with van der Waals surface area (Å²) in [6.07, 6.45) is 0. The Kier molecular flexibility index (Phi) is 2.69. The van der Waals surface area contributed by atoms with Crippen LogP contribution in [0.5, 0.6) is 0 Å². The summed E-state index contributed by atoms with van der Waals surface area (Å²) < 4.78 is 6.40. The SMILES string of the molecule is S=c1oc2ccc3ccccc3c2cc1-c1cccs1. The van der Waals surface area contributed by atoms with E-state index in [-0.39, 0.29) is 0 Å². The molecule has 1 nitrogen and oxygen atoms in total. The standard InChI is InChI=1S/C17H10OS2/c19-17-14(16-6-3-9-20-16)10-13-12-5-2-1-4-11(12)7-8-15(13)18-17/h1-10H. The average Bonchev–Trinajstić information content (AvgIpc) is 3.00. The number of benzene rings is 2. The third-order valence-corrected chi connectivity index (χ3v) is 4.63. The number of hydrogen-bond acceptors (Lipinski definition) is 3. The van der Waals surface area contributed by atoms with E-state index < -0.39 is 0 Å². The largest absolute Gasteiger partial charge is 0.445 e. The van der Waals surface area contributed by atoms with Gasteiger partial charge in [0.2, 0.25) is 0 Å². The zero-order valence-corrected chi connectivity index (χ0v) is 12.1. The maximum atomic E-state index is 5.85. The Morgan fingerprint density at radius 2 is 1.80 bits per heavy atom. The predicted molar refractivity (Wildman–Crippen MR) is 87.9 cm³/mol. The van der Waals surface area contributed by atoms with Crippen molar-refractivity contribution in [2.45, 2.75) is 0 Å². The summed E-state index contributed by atoms with van der Waals surface area (Å²) in [6.45, 7) is 0. The van der Waals surface area contributed by atoms with Crippen LogP contribution >= 0.6 is 23.6 Å². The smallest absolute Gasteiger partial charge is 0.199 e. The lowest BCUT2D eigenvalue weighted by Crippen LogP contribution is -1.81. The molecule has 3 heteroatoms. The molecule has 0 aliphatic carbocycles. The molecule has 0 atom stereocenters. The minimum absolute atomic E-state index is 0.551. The van der Waals surface area contributed by atoms with Crippen LogP contribution in [0.2, 0.25) is 0 Å². The van der Waals surface area contributed by atoms with E-state index in [0.29, 0.717) is 4.71 Å².